The molecule has 1 N–H and O–H groups in total. The molecule has 3 rings (SSSR count). The van der Waals surface area contributed by atoms with Crippen molar-refractivity contribution < 1.29 is 13.2 Å². The summed E-state index contributed by atoms with van der Waals surface area (Å²) in [6, 6.07) is 16.6. The zero-order chi connectivity index (χ0) is 23.1. The highest BCUT2D eigenvalue weighted by Gasteiger charge is 2.31. The molecule has 7 heteroatoms. The van der Waals surface area contributed by atoms with Crippen LogP contribution in [-0.2, 0) is 27.9 Å². The van der Waals surface area contributed by atoms with Gasteiger partial charge >= 0.3 is 0 Å². The first kappa shape index (κ1) is 24.4. The van der Waals surface area contributed by atoms with Crippen molar-refractivity contribution in [3.63, 3.8) is 0 Å². The fourth-order valence-corrected chi connectivity index (χ4v) is 5.82. The number of hydrogen-bond acceptors (Lipinski definition) is 4. The molecule has 2 aromatic rings. The van der Waals surface area contributed by atoms with E-state index in [1.807, 2.05) is 25.1 Å². The van der Waals surface area contributed by atoms with Gasteiger partial charge in [-0.25, -0.2) is 12.7 Å². The summed E-state index contributed by atoms with van der Waals surface area (Å²) >= 11 is 0. The topological polar surface area (TPSA) is 69.7 Å². The van der Waals surface area contributed by atoms with Gasteiger partial charge in [0.05, 0.1) is 11.7 Å². The van der Waals surface area contributed by atoms with Crippen LogP contribution in [0.2, 0.25) is 0 Å². The Kier molecular flexibility index (Phi) is 8.45. The highest BCUT2D eigenvalue weighted by molar-refractivity contribution is 7.89. The van der Waals surface area contributed by atoms with Crippen molar-refractivity contribution in [3.05, 3.63) is 59.7 Å². The van der Waals surface area contributed by atoms with E-state index in [1.165, 1.54) is 9.87 Å². The van der Waals surface area contributed by atoms with Crippen molar-refractivity contribution in [1.29, 1.82) is 0 Å². The summed E-state index contributed by atoms with van der Waals surface area (Å²) in [5.74, 6) is -0.229. The number of carbonyl (C=O) groups is 1. The normalized spacial score (nSPS) is 17.4. The molecule has 1 aliphatic heterocycles. The Balaban J connectivity index is 1.65. The fraction of sp³-hybridized carbons (Fsp3) is 0.480. The Morgan fingerprint density at radius 2 is 1.84 bits per heavy atom. The molecule has 32 heavy (non-hydrogen) atoms. The summed E-state index contributed by atoms with van der Waals surface area (Å²) in [5.41, 5.74) is 4.52. The molecule has 0 saturated carbocycles. The maximum atomic E-state index is 12.9. The minimum Gasteiger partial charge on any atom is -0.352 e. The van der Waals surface area contributed by atoms with E-state index in [4.69, 9.17) is 0 Å². The Morgan fingerprint density at radius 1 is 1.12 bits per heavy atom. The summed E-state index contributed by atoms with van der Waals surface area (Å²) in [5, 5.41) is 3.05. The first-order chi connectivity index (χ1) is 15.3. The molecule has 0 aromatic heterocycles. The van der Waals surface area contributed by atoms with Crippen LogP contribution in [0, 0.1) is 5.92 Å². The van der Waals surface area contributed by atoms with Crippen molar-refractivity contribution >= 4 is 15.9 Å². The molecule has 1 unspecified atom stereocenters. The summed E-state index contributed by atoms with van der Waals surface area (Å²) in [7, 11) is 0.834. The number of hydrogen-bond donors (Lipinski definition) is 1. The standard InChI is InChI=1S/C25H35N3O3S/c1-4-16-32(30,31)28-15-7-9-23(19-28)25(29)26-17-22-8-5-6-10-24(22)21-13-11-20(12-14-21)18-27(2)3/h5-6,8,10-14,23H,4,7,9,15-19H2,1-3H3,(H,26,29). The van der Waals surface area contributed by atoms with E-state index < -0.39 is 10.0 Å². The molecule has 0 bridgehead atoms. The predicted molar refractivity (Wildman–Crippen MR) is 129 cm³/mol. The second-order valence-corrected chi connectivity index (χ2v) is 10.9. The van der Waals surface area contributed by atoms with E-state index in [-0.39, 0.29) is 24.1 Å². The molecule has 1 heterocycles. The van der Waals surface area contributed by atoms with Gasteiger partial charge < -0.3 is 10.2 Å². The van der Waals surface area contributed by atoms with Crippen LogP contribution in [0.25, 0.3) is 11.1 Å². The predicted octanol–water partition coefficient (Wildman–Crippen LogP) is 3.48. The molecule has 1 saturated heterocycles. The van der Waals surface area contributed by atoms with Crippen molar-refractivity contribution in [2.24, 2.45) is 5.92 Å². The molecule has 2 aromatic carbocycles. The molecule has 1 aliphatic rings. The van der Waals surface area contributed by atoms with Crippen LogP contribution in [0.4, 0.5) is 0 Å². The van der Waals surface area contributed by atoms with Crippen LogP contribution in [0.5, 0.6) is 0 Å². The number of benzene rings is 2. The van der Waals surface area contributed by atoms with Gasteiger partial charge in [-0.1, -0.05) is 55.5 Å². The zero-order valence-corrected chi connectivity index (χ0v) is 20.2. The highest BCUT2D eigenvalue weighted by Crippen LogP contribution is 2.25. The lowest BCUT2D eigenvalue weighted by Crippen LogP contribution is -2.45. The van der Waals surface area contributed by atoms with Gasteiger partial charge in [0, 0.05) is 26.2 Å². The van der Waals surface area contributed by atoms with Crippen LogP contribution < -0.4 is 5.32 Å². The molecule has 1 fully saturated rings. The first-order valence-electron chi connectivity index (χ1n) is 11.4. The minimum atomic E-state index is -3.27. The van der Waals surface area contributed by atoms with E-state index in [0.717, 1.165) is 36.1 Å². The number of nitrogens with one attached hydrogen (secondary N) is 1. The van der Waals surface area contributed by atoms with Crippen LogP contribution in [0.15, 0.2) is 48.5 Å². The van der Waals surface area contributed by atoms with Crippen LogP contribution in [0.1, 0.15) is 37.3 Å². The lowest BCUT2D eigenvalue weighted by atomic mass is 9.97. The van der Waals surface area contributed by atoms with E-state index in [0.29, 0.717) is 19.5 Å². The molecular weight excluding hydrogens is 422 g/mol. The van der Waals surface area contributed by atoms with Crippen molar-refractivity contribution in [1.82, 2.24) is 14.5 Å². The summed E-state index contributed by atoms with van der Waals surface area (Å²) in [4.78, 5) is 15.0. The number of sulfonamides is 1. The summed E-state index contributed by atoms with van der Waals surface area (Å²) in [6.45, 7) is 3.97. The average molecular weight is 458 g/mol. The Labute approximate surface area is 192 Å². The van der Waals surface area contributed by atoms with E-state index >= 15 is 0 Å². The van der Waals surface area contributed by atoms with Gasteiger partial charge in [0.25, 0.3) is 0 Å². The molecule has 0 aliphatic carbocycles. The average Bonchev–Trinajstić information content (AvgIpc) is 2.78. The SMILES string of the molecule is CCCS(=O)(=O)N1CCCC(C(=O)NCc2ccccc2-c2ccc(CN(C)C)cc2)C1. The summed E-state index contributed by atoms with van der Waals surface area (Å²) < 4.78 is 26.3. The molecule has 0 spiro atoms. The number of piperidine rings is 1. The maximum Gasteiger partial charge on any atom is 0.224 e. The molecule has 1 amide bonds. The molecule has 1 atom stereocenters. The van der Waals surface area contributed by atoms with Gasteiger partial charge in [-0.15, -0.1) is 0 Å². The lowest BCUT2D eigenvalue weighted by molar-refractivity contribution is -0.126. The van der Waals surface area contributed by atoms with E-state index in [2.05, 4.69) is 54.6 Å². The van der Waals surface area contributed by atoms with Crippen LogP contribution in [0.3, 0.4) is 0 Å². The quantitative estimate of drug-likeness (QED) is 0.626. The van der Waals surface area contributed by atoms with Crippen molar-refractivity contribution in [2.75, 3.05) is 32.9 Å². The lowest BCUT2D eigenvalue weighted by Gasteiger charge is -2.31. The fourth-order valence-electron chi connectivity index (χ4n) is 4.23. The summed E-state index contributed by atoms with van der Waals surface area (Å²) in [6.07, 6.45) is 2.03. The van der Waals surface area contributed by atoms with Crippen LogP contribution in [-0.4, -0.2) is 56.5 Å². The van der Waals surface area contributed by atoms with Gasteiger partial charge in [0.2, 0.25) is 15.9 Å². The second-order valence-electron chi connectivity index (χ2n) is 8.82. The highest BCUT2D eigenvalue weighted by atomic mass is 32.2. The van der Waals surface area contributed by atoms with Gasteiger partial charge in [0.1, 0.15) is 0 Å². The Morgan fingerprint density at radius 3 is 2.53 bits per heavy atom. The van der Waals surface area contributed by atoms with Gasteiger partial charge in [-0.3, -0.25) is 4.79 Å². The molecule has 174 valence electrons. The smallest absolute Gasteiger partial charge is 0.224 e. The third-order valence-corrected chi connectivity index (χ3v) is 7.89. The zero-order valence-electron chi connectivity index (χ0n) is 19.4. The number of rotatable bonds is 9. The van der Waals surface area contributed by atoms with Gasteiger partial charge in [-0.05, 0) is 55.6 Å². The van der Waals surface area contributed by atoms with E-state index in [9.17, 15) is 13.2 Å². The second kappa shape index (κ2) is 11.1. The first-order valence-corrected chi connectivity index (χ1v) is 13.0. The third kappa shape index (κ3) is 6.40. The molecule has 6 nitrogen and oxygen atoms in total. The number of amides is 1. The van der Waals surface area contributed by atoms with Crippen molar-refractivity contribution in [2.45, 2.75) is 39.3 Å². The van der Waals surface area contributed by atoms with Gasteiger partial charge in [0.15, 0.2) is 0 Å². The van der Waals surface area contributed by atoms with Crippen LogP contribution >= 0.6 is 0 Å². The maximum absolute atomic E-state index is 12.9. The number of nitrogens with zero attached hydrogens (tertiary/aromatic N) is 2. The Bertz CT molecular complexity index is 1000. The minimum absolute atomic E-state index is 0.0717. The third-order valence-electron chi connectivity index (χ3n) is 5.84. The van der Waals surface area contributed by atoms with Gasteiger partial charge in [-0.2, -0.15) is 0 Å². The Hall–Kier alpha value is -2.22. The van der Waals surface area contributed by atoms with E-state index in [1.54, 1.807) is 0 Å². The molecular formula is C25H35N3O3S. The molecule has 0 radical (unpaired) electrons. The van der Waals surface area contributed by atoms with Crippen molar-refractivity contribution in [3.8, 4) is 11.1 Å². The monoisotopic (exact) mass is 457 g/mol. The largest absolute Gasteiger partial charge is 0.352 e. The number of carbonyl (C=O) groups excluding carboxylic acids is 1.